The van der Waals surface area contributed by atoms with Gasteiger partial charge in [0, 0.05) is 12.5 Å². The van der Waals surface area contributed by atoms with Crippen LogP contribution in [0.4, 0.5) is 0 Å². The van der Waals surface area contributed by atoms with Gasteiger partial charge in [-0.05, 0) is 51.4 Å². The molecule has 0 aromatic carbocycles. The Morgan fingerprint density at radius 1 is 1.14 bits per heavy atom. The highest BCUT2D eigenvalue weighted by Gasteiger charge is 2.46. The number of aliphatic hydroxyl groups is 2. The summed E-state index contributed by atoms with van der Waals surface area (Å²) in [6.07, 6.45) is 14.3. The number of fused-ring (bicyclic) bond motifs is 3. The van der Waals surface area contributed by atoms with Gasteiger partial charge < -0.3 is 29.2 Å². The van der Waals surface area contributed by atoms with E-state index in [9.17, 15) is 15.0 Å². The van der Waals surface area contributed by atoms with Gasteiger partial charge in [0.15, 0.2) is 0 Å². The minimum atomic E-state index is -1.03. The molecule has 0 saturated carbocycles. The summed E-state index contributed by atoms with van der Waals surface area (Å²) >= 11 is 0. The number of cyclic esters (lactones) is 1. The number of hydrogen-bond acceptors (Lipinski definition) is 7. The van der Waals surface area contributed by atoms with E-state index in [0.717, 1.165) is 31.3 Å². The minimum absolute atomic E-state index is 0.0863. The molecule has 0 spiro atoms. The summed E-state index contributed by atoms with van der Waals surface area (Å²) in [6.45, 7) is 8.98. The molecule has 4 aliphatic rings. The van der Waals surface area contributed by atoms with E-state index < -0.39 is 24.3 Å². The zero-order valence-corrected chi connectivity index (χ0v) is 22.0. The molecule has 4 rings (SSSR count). The number of rotatable bonds is 3. The van der Waals surface area contributed by atoms with Crippen molar-refractivity contribution < 1.29 is 34.0 Å². The topological polar surface area (TPSA) is 97.8 Å². The SMILES string of the molecule is C=C1CC(C)CC2CC=CC(CC=CC(=O)OC(C(O)C=CC3CC(C)=CCO3)CC3OC3C(O)C1)O2. The quantitative estimate of drug-likeness (QED) is 0.332. The Balaban J connectivity index is 1.44. The van der Waals surface area contributed by atoms with E-state index in [1.807, 2.05) is 18.2 Å². The van der Waals surface area contributed by atoms with Crippen molar-refractivity contribution in [2.24, 2.45) is 5.92 Å². The third-order valence-electron chi connectivity index (χ3n) is 7.44. The van der Waals surface area contributed by atoms with Gasteiger partial charge >= 0.3 is 5.97 Å². The molecule has 7 nitrogen and oxygen atoms in total. The minimum Gasteiger partial charge on any atom is -0.456 e. The number of epoxide rings is 1. The molecule has 7 heteroatoms. The Kier molecular flexibility index (Phi) is 9.96. The first-order valence-electron chi connectivity index (χ1n) is 13.6. The molecule has 1 fully saturated rings. The van der Waals surface area contributed by atoms with Gasteiger partial charge in [0.1, 0.15) is 18.3 Å². The van der Waals surface area contributed by atoms with Crippen LogP contribution in [0.2, 0.25) is 0 Å². The lowest BCUT2D eigenvalue weighted by Gasteiger charge is -2.28. The van der Waals surface area contributed by atoms with Gasteiger partial charge in [0.2, 0.25) is 0 Å². The zero-order chi connectivity index (χ0) is 26.4. The lowest BCUT2D eigenvalue weighted by atomic mass is 9.91. The molecule has 204 valence electrons. The van der Waals surface area contributed by atoms with Crippen molar-refractivity contribution in [3.63, 3.8) is 0 Å². The molecule has 37 heavy (non-hydrogen) atoms. The van der Waals surface area contributed by atoms with E-state index >= 15 is 0 Å². The maximum absolute atomic E-state index is 12.6. The third kappa shape index (κ3) is 8.76. The largest absolute Gasteiger partial charge is 0.456 e. The van der Waals surface area contributed by atoms with E-state index in [1.165, 1.54) is 11.6 Å². The summed E-state index contributed by atoms with van der Waals surface area (Å²) < 4.78 is 23.4. The highest BCUT2D eigenvalue weighted by atomic mass is 16.6. The summed E-state index contributed by atoms with van der Waals surface area (Å²) in [4.78, 5) is 12.6. The number of carbonyl (C=O) groups is 1. The van der Waals surface area contributed by atoms with Crippen LogP contribution in [0.25, 0.3) is 0 Å². The summed E-state index contributed by atoms with van der Waals surface area (Å²) in [5.41, 5.74) is 2.23. The molecule has 2 bridgehead atoms. The molecule has 9 atom stereocenters. The second kappa shape index (κ2) is 13.2. The predicted molar refractivity (Wildman–Crippen MR) is 141 cm³/mol. The van der Waals surface area contributed by atoms with Crippen molar-refractivity contribution in [2.75, 3.05) is 6.61 Å². The van der Waals surface area contributed by atoms with Crippen molar-refractivity contribution >= 4 is 5.97 Å². The van der Waals surface area contributed by atoms with Gasteiger partial charge in [-0.2, -0.15) is 0 Å². The van der Waals surface area contributed by atoms with Crippen LogP contribution < -0.4 is 0 Å². The molecule has 1 saturated heterocycles. The van der Waals surface area contributed by atoms with Crippen LogP contribution in [-0.2, 0) is 23.7 Å². The monoisotopic (exact) mass is 514 g/mol. The second-order valence-electron chi connectivity index (χ2n) is 11.0. The van der Waals surface area contributed by atoms with Gasteiger partial charge in [-0.15, -0.1) is 0 Å². The van der Waals surface area contributed by atoms with Gasteiger partial charge in [-0.1, -0.05) is 61.1 Å². The van der Waals surface area contributed by atoms with Crippen molar-refractivity contribution in [3.05, 3.63) is 60.3 Å². The molecule has 0 aliphatic carbocycles. The molecular formula is C30H42O7. The molecule has 0 amide bonds. The highest BCUT2D eigenvalue weighted by Crippen LogP contribution is 2.35. The number of aliphatic hydroxyl groups excluding tert-OH is 2. The van der Waals surface area contributed by atoms with Crippen molar-refractivity contribution in [1.29, 1.82) is 0 Å². The Hall–Kier alpha value is -2.03. The first-order chi connectivity index (χ1) is 17.8. The van der Waals surface area contributed by atoms with Crippen LogP contribution in [0.1, 0.15) is 58.8 Å². The lowest BCUT2D eigenvalue weighted by Crippen LogP contribution is -2.32. The fourth-order valence-electron chi connectivity index (χ4n) is 5.45. The van der Waals surface area contributed by atoms with Crippen LogP contribution in [0, 0.1) is 5.92 Å². The number of esters is 1. The van der Waals surface area contributed by atoms with Crippen LogP contribution in [0.3, 0.4) is 0 Å². The van der Waals surface area contributed by atoms with Crippen LogP contribution >= 0.6 is 0 Å². The summed E-state index contributed by atoms with van der Waals surface area (Å²) in [7, 11) is 0. The summed E-state index contributed by atoms with van der Waals surface area (Å²) in [5.74, 6) is -0.141. The standard InChI is InChI=1S/C30H42O7/c1-19-12-13-34-23(15-19)10-11-25(31)27-18-28-30(37-28)26(32)17-21(3)14-20(2)16-24-8-4-6-22(35-24)7-5-9-29(33)36-27/h4-6,9-12,20,22-28,30-32H,3,7-8,13-18H2,1-2H3. The molecule has 2 N–H and O–H groups in total. The highest BCUT2D eigenvalue weighted by molar-refractivity contribution is 5.82. The number of ether oxygens (including phenoxy) is 4. The van der Waals surface area contributed by atoms with Crippen molar-refractivity contribution in [2.45, 2.75) is 108 Å². The van der Waals surface area contributed by atoms with Gasteiger partial charge in [0.05, 0.1) is 37.1 Å². The van der Waals surface area contributed by atoms with Crippen LogP contribution in [0.5, 0.6) is 0 Å². The predicted octanol–water partition coefficient (Wildman–Crippen LogP) is 4.11. The maximum atomic E-state index is 12.6. The first-order valence-corrected chi connectivity index (χ1v) is 13.6. The van der Waals surface area contributed by atoms with E-state index in [4.69, 9.17) is 18.9 Å². The van der Waals surface area contributed by atoms with E-state index in [1.54, 1.807) is 12.2 Å². The molecule has 4 aliphatic heterocycles. The van der Waals surface area contributed by atoms with Gasteiger partial charge in [0.25, 0.3) is 0 Å². The zero-order valence-electron chi connectivity index (χ0n) is 22.0. The molecule has 0 radical (unpaired) electrons. The number of hydrogen-bond donors (Lipinski definition) is 2. The maximum Gasteiger partial charge on any atom is 0.330 e. The molecule has 9 unspecified atom stereocenters. The average molecular weight is 515 g/mol. The Morgan fingerprint density at radius 2 is 1.97 bits per heavy atom. The van der Waals surface area contributed by atoms with Crippen LogP contribution in [0.15, 0.2) is 60.3 Å². The van der Waals surface area contributed by atoms with Gasteiger partial charge in [-0.3, -0.25) is 0 Å². The average Bonchev–Trinajstić information content (AvgIpc) is 3.61. The molecule has 4 heterocycles. The molecule has 0 aromatic rings. The third-order valence-corrected chi connectivity index (χ3v) is 7.44. The first kappa shape index (κ1) is 28.0. The fraction of sp³-hybridized carbons (Fsp3) is 0.633. The van der Waals surface area contributed by atoms with E-state index in [0.29, 0.717) is 25.4 Å². The smallest absolute Gasteiger partial charge is 0.330 e. The van der Waals surface area contributed by atoms with E-state index in [2.05, 4.69) is 26.5 Å². The van der Waals surface area contributed by atoms with Gasteiger partial charge in [-0.25, -0.2) is 4.79 Å². The summed E-state index contributed by atoms with van der Waals surface area (Å²) in [6, 6.07) is 0. The number of carbonyl (C=O) groups excluding carboxylic acids is 1. The summed E-state index contributed by atoms with van der Waals surface area (Å²) in [5, 5.41) is 21.7. The Labute approximate surface area is 220 Å². The molecule has 0 aromatic heterocycles. The Morgan fingerprint density at radius 3 is 2.78 bits per heavy atom. The fourth-order valence-corrected chi connectivity index (χ4v) is 5.45. The van der Waals surface area contributed by atoms with Crippen molar-refractivity contribution in [1.82, 2.24) is 0 Å². The van der Waals surface area contributed by atoms with Crippen LogP contribution in [-0.4, -0.2) is 71.6 Å². The van der Waals surface area contributed by atoms with E-state index in [-0.39, 0.29) is 36.9 Å². The lowest BCUT2D eigenvalue weighted by molar-refractivity contribution is -0.148. The molecular weight excluding hydrogens is 472 g/mol. The second-order valence-corrected chi connectivity index (χ2v) is 11.0. The van der Waals surface area contributed by atoms with Crippen molar-refractivity contribution in [3.8, 4) is 0 Å². The Bertz CT molecular complexity index is 919. The normalized spacial score (nSPS) is 38.8.